The zero-order chi connectivity index (χ0) is 12.7. The summed E-state index contributed by atoms with van der Waals surface area (Å²) in [5.74, 6) is 1.04. The SMILES string of the molecule is CCC(CC)N(CCN)Cc1ncnn1CC. The van der Waals surface area contributed by atoms with E-state index in [0.29, 0.717) is 12.6 Å². The summed E-state index contributed by atoms with van der Waals surface area (Å²) in [6, 6.07) is 0.584. The summed E-state index contributed by atoms with van der Waals surface area (Å²) in [7, 11) is 0. The highest BCUT2D eigenvalue weighted by Crippen LogP contribution is 2.11. The van der Waals surface area contributed by atoms with Crippen molar-refractivity contribution in [2.75, 3.05) is 13.1 Å². The molecule has 0 fully saturated rings. The van der Waals surface area contributed by atoms with Crippen LogP contribution in [-0.4, -0.2) is 38.8 Å². The van der Waals surface area contributed by atoms with Gasteiger partial charge in [0, 0.05) is 25.7 Å². The maximum Gasteiger partial charge on any atom is 0.141 e. The fourth-order valence-corrected chi connectivity index (χ4v) is 2.22. The van der Waals surface area contributed by atoms with Crippen molar-refractivity contribution in [2.24, 2.45) is 5.73 Å². The zero-order valence-corrected chi connectivity index (χ0v) is 11.3. The van der Waals surface area contributed by atoms with Gasteiger partial charge in [-0.1, -0.05) is 13.8 Å². The maximum absolute atomic E-state index is 5.69. The predicted octanol–water partition coefficient (Wildman–Crippen LogP) is 1.25. The molecular weight excluding hydrogens is 214 g/mol. The van der Waals surface area contributed by atoms with Crippen molar-refractivity contribution in [3.8, 4) is 0 Å². The Kier molecular flexibility index (Phi) is 6.15. The Hall–Kier alpha value is -0.940. The van der Waals surface area contributed by atoms with Crippen LogP contribution in [0.1, 0.15) is 39.4 Å². The van der Waals surface area contributed by atoms with Crippen LogP contribution in [-0.2, 0) is 13.1 Å². The second-order valence-corrected chi connectivity index (χ2v) is 4.22. The van der Waals surface area contributed by atoms with Crippen LogP contribution < -0.4 is 5.73 Å². The lowest BCUT2D eigenvalue weighted by Gasteiger charge is -2.29. The molecule has 0 unspecified atom stereocenters. The van der Waals surface area contributed by atoms with E-state index >= 15 is 0 Å². The van der Waals surface area contributed by atoms with Gasteiger partial charge in [0.15, 0.2) is 0 Å². The minimum absolute atomic E-state index is 0.584. The average Bonchev–Trinajstić information content (AvgIpc) is 2.78. The molecular formula is C12H25N5. The lowest BCUT2D eigenvalue weighted by molar-refractivity contribution is 0.175. The van der Waals surface area contributed by atoms with Gasteiger partial charge in [0.1, 0.15) is 12.2 Å². The van der Waals surface area contributed by atoms with Crippen LogP contribution in [0.2, 0.25) is 0 Å². The smallest absolute Gasteiger partial charge is 0.141 e. The van der Waals surface area contributed by atoms with E-state index in [1.165, 1.54) is 0 Å². The summed E-state index contributed by atoms with van der Waals surface area (Å²) in [6.07, 6.45) is 3.93. The summed E-state index contributed by atoms with van der Waals surface area (Å²) >= 11 is 0. The molecule has 0 aliphatic carbocycles. The van der Waals surface area contributed by atoms with Gasteiger partial charge in [0.05, 0.1) is 6.54 Å². The highest BCUT2D eigenvalue weighted by Gasteiger charge is 2.16. The number of hydrogen-bond acceptors (Lipinski definition) is 4. The second kappa shape index (κ2) is 7.40. The largest absolute Gasteiger partial charge is 0.329 e. The molecule has 1 aromatic heterocycles. The molecule has 5 heteroatoms. The van der Waals surface area contributed by atoms with Crippen molar-refractivity contribution < 1.29 is 0 Å². The van der Waals surface area contributed by atoms with Gasteiger partial charge in [0.2, 0.25) is 0 Å². The number of aryl methyl sites for hydroxylation is 1. The van der Waals surface area contributed by atoms with Crippen LogP contribution in [0.5, 0.6) is 0 Å². The Morgan fingerprint density at radius 2 is 2.06 bits per heavy atom. The molecule has 0 aliphatic rings. The summed E-state index contributed by atoms with van der Waals surface area (Å²) in [4.78, 5) is 6.74. The number of nitrogens with two attached hydrogens (primary N) is 1. The minimum Gasteiger partial charge on any atom is -0.329 e. The molecule has 5 nitrogen and oxygen atoms in total. The van der Waals surface area contributed by atoms with Crippen LogP contribution in [0, 0.1) is 0 Å². The monoisotopic (exact) mass is 239 g/mol. The van der Waals surface area contributed by atoms with Gasteiger partial charge < -0.3 is 5.73 Å². The van der Waals surface area contributed by atoms with Gasteiger partial charge in [-0.2, -0.15) is 5.10 Å². The number of rotatable bonds is 8. The number of aromatic nitrogens is 3. The molecule has 1 rings (SSSR count). The van der Waals surface area contributed by atoms with Gasteiger partial charge >= 0.3 is 0 Å². The van der Waals surface area contributed by atoms with E-state index in [1.807, 2.05) is 4.68 Å². The molecule has 0 bridgehead atoms. The first-order valence-electron chi connectivity index (χ1n) is 6.57. The van der Waals surface area contributed by atoms with Gasteiger partial charge in [0.25, 0.3) is 0 Å². The van der Waals surface area contributed by atoms with Crippen molar-refractivity contribution in [3.63, 3.8) is 0 Å². The summed E-state index contributed by atoms with van der Waals surface area (Å²) in [5.41, 5.74) is 5.69. The van der Waals surface area contributed by atoms with Gasteiger partial charge in [-0.25, -0.2) is 9.67 Å². The molecule has 0 atom stereocenters. The van der Waals surface area contributed by atoms with E-state index in [9.17, 15) is 0 Å². The molecule has 0 amide bonds. The molecule has 0 aromatic carbocycles. The molecule has 0 saturated carbocycles. The molecule has 0 saturated heterocycles. The van der Waals surface area contributed by atoms with Crippen LogP contribution in [0.15, 0.2) is 6.33 Å². The first-order valence-corrected chi connectivity index (χ1v) is 6.57. The first kappa shape index (κ1) is 14.1. The third kappa shape index (κ3) is 3.78. The second-order valence-electron chi connectivity index (χ2n) is 4.22. The lowest BCUT2D eigenvalue weighted by atomic mass is 10.1. The molecule has 0 aliphatic heterocycles. The summed E-state index contributed by atoms with van der Waals surface area (Å²) in [5, 5.41) is 4.21. The Morgan fingerprint density at radius 1 is 1.35 bits per heavy atom. The maximum atomic E-state index is 5.69. The van der Waals surface area contributed by atoms with E-state index in [4.69, 9.17) is 5.73 Å². The standard InChI is InChI=1S/C12H25N5/c1-4-11(5-2)16(8-7-13)9-12-14-10-15-17(12)6-3/h10-11H,4-9,13H2,1-3H3. The van der Waals surface area contributed by atoms with E-state index in [0.717, 1.165) is 38.3 Å². The number of nitrogens with zero attached hydrogens (tertiary/aromatic N) is 4. The van der Waals surface area contributed by atoms with E-state index < -0.39 is 0 Å². The van der Waals surface area contributed by atoms with Gasteiger partial charge in [-0.3, -0.25) is 4.90 Å². The quantitative estimate of drug-likeness (QED) is 0.741. The molecule has 0 radical (unpaired) electrons. The first-order chi connectivity index (χ1) is 8.26. The third-order valence-electron chi connectivity index (χ3n) is 3.21. The van der Waals surface area contributed by atoms with E-state index in [1.54, 1.807) is 6.33 Å². The summed E-state index contributed by atoms with van der Waals surface area (Å²) < 4.78 is 1.95. The van der Waals surface area contributed by atoms with Crippen molar-refractivity contribution in [2.45, 2.75) is 52.7 Å². The Balaban J connectivity index is 2.71. The van der Waals surface area contributed by atoms with Crippen molar-refractivity contribution in [3.05, 3.63) is 12.2 Å². The van der Waals surface area contributed by atoms with Crippen LogP contribution in [0.25, 0.3) is 0 Å². The van der Waals surface area contributed by atoms with Gasteiger partial charge in [-0.05, 0) is 19.8 Å². The molecule has 1 heterocycles. The zero-order valence-electron chi connectivity index (χ0n) is 11.3. The molecule has 1 aromatic rings. The number of hydrogen-bond donors (Lipinski definition) is 1. The van der Waals surface area contributed by atoms with E-state index in [2.05, 4.69) is 35.8 Å². The Labute approximate surface area is 104 Å². The topological polar surface area (TPSA) is 60.0 Å². The predicted molar refractivity (Wildman–Crippen MR) is 69.5 cm³/mol. The molecule has 98 valence electrons. The van der Waals surface area contributed by atoms with Gasteiger partial charge in [-0.15, -0.1) is 0 Å². The fraction of sp³-hybridized carbons (Fsp3) is 0.833. The van der Waals surface area contributed by atoms with Crippen LogP contribution in [0.3, 0.4) is 0 Å². The minimum atomic E-state index is 0.584. The van der Waals surface area contributed by atoms with E-state index in [-0.39, 0.29) is 0 Å². The Bertz CT molecular complexity index is 306. The van der Waals surface area contributed by atoms with Crippen molar-refractivity contribution in [1.29, 1.82) is 0 Å². The average molecular weight is 239 g/mol. The molecule has 2 N–H and O–H groups in total. The van der Waals surface area contributed by atoms with Crippen LogP contribution in [0.4, 0.5) is 0 Å². The lowest BCUT2D eigenvalue weighted by Crippen LogP contribution is -2.38. The highest BCUT2D eigenvalue weighted by molar-refractivity contribution is 4.86. The Morgan fingerprint density at radius 3 is 2.59 bits per heavy atom. The summed E-state index contributed by atoms with van der Waals surface area (Å²) in [6.45, 7) is 9.86. The molecule has 0 spiro atoms. The highest BCUT2D eigenvalue weighted by atomic mass is 15.3. The van der Waals surface area contributed by atoms with Crippen LogP contribution >= 0.6 is 0 Å². The van der Waals surface area contributed by atoms with Crippen molar-refractivity contribution in [1.82, 2.24) is 19.7 Å². The molecule has 17 heavy (non-hydrogen) atoms. The normalized spacial score (nSPS) is 11.6. The fourth-order valence-electron chi connectivity index (χ4n) is 2.22. The van der Waals surface area contributed by atoms with Crippen molar-refractivity contribution >= 4 is 0 Å². The third-order valence-corrected chi connectivity index (χ3v) is 3.21.